The fraction of sp³-hybridized carbons (Fsp3) is 0.722. The van der Waals surface area contributed by atoms with Gasteiger partial charge in [0.05, 0.1) is 5.56 Å². The van der Waals surface area contributed by atoms with Crippen LogP contribution in [0, 0.1) is 5.41 Å². The summed E-state index contributed by atoms with van der Waals surface area (Å²) in [7, 11) is -0.595. The molecule has 0 aromatic carbocycles. The quantitative estimate of drug-likeness (QED) is 0.796. The summed E-state index contributed by atoms with van der Waals surface area (Å²) >= 11 is 0. The maximum Gasteiger partial charge on any atom is 0.417 e. The molecule has 3 aliphatic rings. The molecule has 0 atom stereocenters. The SMILES string of the molecule is O=S1CC2(CCN(C3CCC(c4ccc(C(F)(F)F)cn4)CC3)C2)C1. The molecule has 1 spiro atoms. The van der Waals surface area contributed by atoms with Crippen molar-refractivity contribution in [3.63, 3.8) is 0 Å². The van der Waals surface area contributed by atoms with Crippen molar-refractivity contribution in [3.05, 3.63) is 29.6 Å². The summed E-state index contributed by atoms with van der Waals surface area (Å²) in [6, 6.07) is 3.26. The smallest absolute Gasteiger partial charge is 0.300 e. The zero-order chi connectivity index (χ0) is 17.7. The second-order valence-corrected chi connectivity index (χ2v) is 9.38. The third-order valence-corrected chi connectivity index (χ3v) is 8.02. The van der Waals surface area contributed by atoms with Crippen molar-refractivity contribution < 1.29 is 17.4 Å². The average Bonchev–Trinajstić information content (AvgIpc) is 2.99. The van der Waals surface area contributed by atoms with Crippen molar-refractivity contribution in [1.29, 1.82) is 0 Å². The molecule has 1 aromatic rings. The Labute approximate surface area is 148 Å². The second kappa shape index (κ2) is 6.34. The van der Waals surface area contributed by atoms with Gasteiger partial charge < -0.3 is 0 Å². The van der Waals surface area contributed by atoms with Crippen LogP contribution >= 0.6 is 0 Å². The molecule has 2 aliphatic heterocycles. The first-order chi connectivity index (χ1) is 11.8. The molecule has 0 radical (unpaired) electrons. The summed E-state index contributed by atoms with van der Waals surface area (Å²) in [5.74, 6) is 2.01. The van der Waals surface area contributed by atoms with Gasteiger partial charge in [-0.15, -0.1) is 0 Å². The summed E-state index contributed by atoms with van der Waals surface area (Å²) in [5.41, 5.74) is 0.431. The van der Waals surface area contributed by atoms with E-state index in [4.69, 9.17) is 0 Å². The van der Waals surface area contributed by atoms with Gasteiger partial charge in [0.25, 0.3) is 0 Å². The van der Waals surface area contributed by atoms with Gasteiger partial charge in [-0.05, 0) is 50.8 Å². The van der Waals surface area contributed by atoms with Gasteiger partial charge in [0, 0.05) is 58.1 Å². The highest BCUT2D eigenvalue weighted by Gasteiger charge is 2.48. The summed E-state index contributed by atoms with van der Waals surface area (Å²) in [6.45, 7) is 2.18. The highest BCUT2D eigenvalue weighted by atomic mass is 32.2. The van der Waals surface area contributed by atoms with E-state index in [1.165, 1.54) is 6.42 Å². The minimum Gasteiger partial charge on any atom is -0.300 e. The summed E-state index contributed by atoms with van der Waals surface area (Å²) in [5, 5.41) is 0. The zero-order valence-corrected chi connectivity index (χ0v) is 14.9. The lowest BCUT2D eigenvalue weighted by atomic mass is 9.83. The molecule has 0 N–H and O–H groups in total. The van der Waals surface area contributed by atoms with E-state index in [1.807, 2.05) is 0 Å². The van der Waals surface area contributed by atoms with Gasteiger partial charge in [0.15, 0.2) is 0 Å². The minimum atomic E-state index is -4.32. The lowest BCUT2D eigenvalue weighted by Crippen LogP contribution is -2.48. The van der Waals surface area contributed by atoms with Crippen LogP contribution in [0.2, 0.25) is 0 Å². The fourth-order valence-electron chi connectivity index (χ4n) is 4.71. The van der Waals surface area contributed by atoms with Crippen molar-refractivity contribution in [2.75, 3.05) is 24.6 Å². The van der Waals surface area contributed by atoms with Gasteiger partial charge in [-0.2, -0.15) is 13.2 Å². The first kappa shape index (κ1) is 17.5. The van der Waals surface area contributed by atoms with Crippen molar-refractivity contribution in [3.8, 4) is 0 Å². The Kier molecular flexibility index (Phi) is 4.43. The Balaban J connectivity index is 1.32. The Morgan fingerprint density at radius 3 is 2.44 bits per heavy atom. The first-order valence-corrected chi connectivity index (χ1v) is 10.5. The molecule has 2 saturated heterocycles. The number of hydrogen-bond donors (Lipinski definition) is 0. The number of likely N-dealkylation sites (tertiary alicyclic amines) is 1. The fourth-order valence-corrected chi connectivity index (χ4v) is 6.46. The van der Waals surface area contributed by atoms with Crippen LogP contribution in [0.4, 0.5) is 13.2 Å². The number of aromatic nitrogens is 1. The largest absolute Gasteiger partial charge is 0.417 e. The van der Waals surface area contributed by atoms with Crippen LogP contribution in [0.3, 0.4) is 0 Å². The molecule has 0 amide bonds. The van der Waals surface area contributed by atoms with E-state index < -0.39 is 22.5 Å². The van der Waals surface area contributed by atoms with Crippen molar-refractivity contribution in [2.45, 2.75) is 50.2 Å². The summed E-state index contributed by atoms with van der Waals surface area (Å²) < 4.78 is 49.4. The monoisotopic (exact) mass is 372 g/mol. The molecule has 0 unspecified atom stereocenters. The molecule has 4 rings (SSSR count). The van der Waals surface area contributed by atoms with Gasteiger partial charge >= 0.3 is 6.18 Å². The van der Waals surface area contributed by atoms with E-state index in [-0.39, 0.29) is 5.92 Å². The van der Waals surface area contributed by atoms with Crippen LogP contribution in [-0.4, -0.2) is 44.7 Å². The minimum absolute atomic E-state index is 0.270. The number of pyridine rings is 1. The van der Waals surface area contributed by atoms with Gasteiger partial charge in [-0.25, -0.2) is 0 Å². The predicted octanol–water partition coefficient (Wildman–Crippen LogP) is 3.58. The van der Waals surface area contributed by atoms with Crippen LogP contribution in [0.1, 0.15) is 49.3 Å². The highest BCUT2D eigenvalue weighted by Crippen LogP contribution is 2.43. The Morgan fingerprint density at radius 1 is 1.16 bits per heavy atom. The number of alkyl halides is 3. The van der Waals surface area contributed by atoms with Crippen LogP contribution in [0.25, 0.3) is 0 Å². The normalized spacial score (nSPS) is 36.5. The third kappa shape index (κ3) is 3.50. The Bertz CT molecular complexity index is 645. The maximum absolute atomic E-state index is 12.6. The van der Waals surface area contributed by atoms with Crippen LogP contribution in [0.15, 0.2) is 18.3 Å². The van der Waals surface area contributed by atoms with E-state index in [9.17, 15) is 17.4 Å². The topological polar surface area (TPSA) is 33.2 Å². The molecule has 1 aliphatic carbocycles. The zero-order valence-electron chi connectivity index (χ0n) is 14.1. The van der Waals surface area contributed by atoms with Gasteiger partial charge in [0.2, 0.25) is 0 Å². The molecule has 25 heavy (non-hydrogen) atoms. The lowest BCUT2D eigenvalue weighted by molar-refractivity contribution is -0.137. The van der Waals surface area contributed by atoms with E-state index in [0.717, 1.165) is 68.2 Å². The Morgan fingerprint density at radius 2 is 1.88 bits per heavy atom. The molecule has 1 aromatic heterocycles. The first-order valence-electron chi connectivity index (χ1n) is 8.97. The number of nitrogens with zero attached hydrogens (tertiary/aromatic N) is 2. The predicted molar refractivity (Wildman–Crippen MR) is 90.7 cm³/mol. The van der Waals surface area contributed by atoms with Crippen LogP contribution in [-0.2, 0) is 17.0 Å². The molecule has 1 saturated carbocycles. The van der Waals surface area contributed by atoms with E-state index in [1.54, 1.807) is 6.07 Å². The number of halogens is 3. The molecular formula is C18H23F3N2OS. The lowest BCUT2D eigenvalue weighted by Gasteiger charge is -2.39. The molecule has 138 valence electrons. The second-order valence-electron chi connectivity index (χ2n) is 7.92. The highest BCUT2D eigenvalue weighted by molar-refractivity contribution is 7.86. The molecule has 0 bridgehead atoms. The Hall–Kier alpha value is -0.950. The van der Waals surface area contributed by atoms with Gasteiger partial charge in [0.1, 0.15) is 0 Å². The number of hydrogen-bond acceptors (Lipinski definition) is 3. The average molecular weight is 372 g/mol. The summed E-state index contributed by atoms with van der Waals surface area (Å²) in [4.78, 5) is 6.64. The van der Waals surface area contributed by atoms with Crippen molar-refractivity contribution >= 4 is 10.8 Å². The van der Waals surface area contributed by atoms with Crippen LogP contribution < -0.4 is 0 Å². The van der Waals surface area contributed by atoms with E-state index >= 15 is 0 Å². The van der Waals surface area contributed by atoms with Crippen LogP contribution in [0.5, 0.6) is 0 Å². The van der Waals surface area contributed by atoms with Gasteiger partial charge in [-0.3, -0.25) is 14.1 Å². The molecule has 7 heteroatoms. The molecular weight excluding hydrogens is 349 g/mol. The van der Waals surface area contributed by atoms with Crippen molar-refractivity contribution in [1.82, 2.24) is 9.88 Å². The molecule has 3 heterocycles. The van der Waals surface area contributed by atoms with E-state index in [0.29, 0.717) is 11.5 Å². The summed E-state index contributed by atoms with van der Waals surface area (Å²) in [6.07, 6.45) is 1.93. The maximum atomic E-state index is 12.6. The number of rotatable bonds is 2. The van der Waals surface area contributed by atoms with E-state index in [2.05, 4.69) is 9.88 Å². The van der Waals surface area contributed by atoms with Gasteiger partial charge in [-0.1, -0.05) is 0 Å². The molecule has 3 nitrogen and oxygen atoms in total. The standard InChI is InChI=1S/C18H23F3N2OS/c19-18(20,21)14-3-6-16(22-9-14)13-1-4-15(5-2-13)23-8-7-17(10-23)11-25(24)12-17/h3,6,9,13,15H,1-2,4-5,7-8,10-12H2. The molecule has 3 fully saturated rings. The van der Waals surface area contributed by atoms with Crippen molar-refractivity contribution in [2.24, 2.45) is 5.41 Å². The third-order valence-electron chi connectivity index (χ3n) is 6.15.